The third-order valence-corrected chi connectivity index (χ3v) is 4.21. The van der Waals surface area contributed by atoms with Crippen LogP contribution in [-0.2, 0) is 4.74 Å². The molecule has 3 heteroatoms. The van der Waals surface area contributed by atoms with Gasteiger partial charge in [0.1, 0.15) is 0 Å². The first-order valence-electron chi connectivity index (χ1n) is 6.32. The van der Waals surface area contributed by atoms with E-state index in [0.717, 1.165) is 10.7 Å². The molecule has 0 N–H and O–H groups in total. The van der Waals surface area contributed by atoms with Crippen LogP contribution in [0.2, 0.25) is 0 Å². The molecule has 1 aliphatic carbocycles. The second-order valence-corrected chi connectivity index (χ2v) is 5.43. The first-order chi connectivity index (χ1) is 7.40. The van der Waals surface area contributed by atoms with Crippen molar-refractivity contribution in [3.8, 4) is 0 Å². The summed E-state index contributed by atoms with van der Waals surface area (Å²) in [6.45, 7) is 2.70. The quantitative estimate of drug-likeness (QED) is 0.584. The minimum atomic E-state index is 0.558. The minimum Gasteiger partial charge on any atom is -0.368 e. The molecule has 2 aliphatic rings. The monoisotopic (exact) mass is 323 g/mol. The molecule has 0 spiro atoms. The van der Waals surface area contributed by atoms with E-state index in [1.54, 1.807) is 0 Å². The van der Waals surface area contributed by atoms with E-state index in [9.17, 15) is 0 Å². The number of piperidine rings is 1. The minimum absolute atomic E-state index is 0.558. The molecule has 0 aromatic rings. The Labute approximate surface area is 107 Å². The molecular formula is C12H22INO. The van der Waals surface area contributed by atoms with Gasteiger partial charge in [-0.2, -0.15) is 0 Å². The van der Waals surface area contributed by atoms with E-state index < -0.39 is 0 Å². The van der Waals surface area contributed by atoms with Gasteiger partial charge in [0.25, 0.3) is 0 Å². The Morgan fingerprint density at radius 1 is 1.00 bits per heavy atom. The van der Waals surface area contributed by atoms with Crippen molar-refractivity contribution >= 4 is 22.6 Å². The number of halogens is 1. The number of hydrogen-bond donors (Lipinski definition) is 0. The Hall–Kier alpha value is 0.650. The average molecular weight is 323 g/mol. The highest BCUT2D eigenvalue weighted by molar-refractivity contribution is 14.1. The van der Waals surface area contributed by atoms with Crippen molar-refractivity contribution in [2.24, 2.45) is 0 Å². The molecular weight excluding hydrogens is 301 g/mol. The van der Waals surface area contributed by atoms with Crippen molar-refractivity contribution in [1.82, 2.24) is 4.90 Å². The number of likely N-dealkylation sites (tertiary alicyclic amines) is 1. The van der Waals surface area contributed by atoms with Crippen LogP contribution in [0.15, 0.2) is 0 Å². The maximum atomic E-state index is 5.69. The number of rotatable bonds is 3. The molecule has 0 aromatic heterocycles. The Bertz CT molecular complexity index is 174. The van der Waals surface area contributed by atoms with E-state index in [1.807, 2.05) is 0 Å². The van der Waals surface area contributed by atoms with Gasteiger partial charge in [-0.25, -0.2) is 0 Å². The van der Waals surface area contributed by atoms with Gasteiger partial charge < -0.3 is 9.64 Å². The largest absolute Gasteiger partial charge is 0.368 e. The van der Waals surface area contributed by atoms with Gasteiger partial charge in [0.05, 0.1) is 10.7 Å². The third-order valence-electron chi connectivity index (χ3n) is 3.85. The fourth-order valence-corrected chi connectivity index (χ4v) is 3.46. The third kappa shape index (κ3) is 3.56. The summed E-state index contributed by atoms with van der Waals surface area (Å²) >= 11 is 2.31. The van der Waals surface area contributed by atoms with Crippen molar-refractivity contribution < 1.29 is 4.74 Å². The molecule has 1 heterocycles. The zero-order valence-electron chi connectivity index (χ0n) is 9.46. The first kappa shape index (κ1) is 12.1. The van der Waals surface area contributed by atoms with Crippen LogP contribution < -0.4 is 0 Å². The number of nitrogens with zero attached hydrogens (tertiary/aromatic N) is 1. The summed E-state index contributed by atoms with van der Waals surface area (Å²) < 4.78 is 6.54. The SMILES string of the molecule is ICOC1CCC(N2CCCCC2)CC1. The van der Waals surface area contributed by atoms with E-state index in [1.165, 1.54) is 58.0 Å². The highest BCUT2D eigenvalue weighted by Gasteiger charge is 2.26. The molecule has 2 rings (SSSR count). The standard InChI is InChI=1S/C12H22INO/c13-10-15-12-6-4-11(5-7-12)14-8-2-1-3-9-14/h11-12H,1-10H2. The molecule has 2 fully saturated rings. The Morgan fingerprint density at radius 2 is 1.67 bits per heavy atom. The average Bonchev–Trinajstić information content (AvgIpc) is 2.32. The normalized spacial score (nSPS) is 34.2. The van der Waals surface area contributed by atoms with Crippen LogP contribution in [-0.4, -0.2) is 34.7 Å². The fourth-order valence-electron chi connectivity index (χ4n) is 2.95. The lowest BCUT2D eigenvalue weighted by Crippen LogP contribution is -2.42. The van der Waals surface area contributed by atoms with E-state index in [0.29, 0.717) is 6.10 Å². The molecule has 0 unspecified atom stereocenters. The number of alkyl halides is 1. The van der Waals surface area contributed by atoms with Gasteiger partial charge in [-0.3, -0.25) is 0 Å². The maximum absolute atomic E-state index is 5.69. The molecule has 0 amide bonds. The molecule has 2 nitrogen and oxygen atoms in total. The molecule has 1 aliphatic heterocycles. The summed E-state index contributed by atoms with van der Waals surface area (Å²) in [6, 6.07) is 0.874. The van der Waals surface area contributed by atoms with Crippen LogP contribution in [0.4, 0.5) is 0 Å². The lowest BCUT2D eigenvalue weighted by atomic mass is 9.91. The Kier molecular flexibility index (Phi) is 5.17. The van der Waals surface area contributed by atoms with Gasteiger partial charge in [0.15, 0.2) is 0 Å². The van der Waals surface area contributed by atoms with Gasteiger partial charge in [0, 0.05) is 6.04 Å². The lowest BCUT2D eigenvalue weighted by molar-refractivity contribution is 0.0303. The molecule has 1 saturated heterocycles. The molecule has 0 bridgehead atoms. The predicted molar refractivity (Wildman–Crippen MR) is 71.4 cm³/mol. The number of hydrogen-bond acceptors (Lipinski definition) is 2. The van der Waals surface area contributed by atoms with Gasteiger partial charge in [-0.05, 0) is 51.6 Å². The van der Waals surface area contributed by atoms with Crippen LogP contribution in [0.5, 0.6) is 0 Å². The van der Waals surface area contributed by atoms with Crippen LogP contribution in [0.25, 0.3) is 0 Å². The van der Waals surface area contributed by atoms with Crippen LogP contribution in [0, 0.1) is 0 Å². The summed E-state index contributed by atoms with van der Waals surface area (Å²) in [5, 5.41) is 0. The van der Waals surface area contributed by atoms with E-state index >= 15 is 0 Å². The molecule has 15 heavy (non-hydrogen) atoms. The van der Waals surface area contributed by atoms with Gasteiger partial charge in [-0.15, -0.1) is 0 Å². The Balaban J connectivity index is 1.72. The van der Waals surface area contributed by atoms with Crippen molar-refractivity contribution in [3.05, 3.63) is 0 Å². The smallest absolute Gasteiger partial charge is 0.0983 e. The van der Waals surface area contributed by atoms with E-state index in [-0.39, 0.29) is 0 Å². The first-order valence-corrected chi connectivity index (χ1v) is 7.84. The van der Waals surface area contributed by atoms with E-state index in [4.69, 9.17) is 4.74 Å². The molecule has 0 radical (unpaired) electrons. The van der Waals surface area contributed by atoms with Crippen molar-refractivity contribution in [1.29, 1.82) is 0 Å². The Morgan fingerprint density at radius 3 is 2.27 bits per heavy atom. The van der Waals surface area contributed by atoms with Gasteiger partial charge in [-0.1, -0.05) is 29.0 Å². The van der Waals surface area contributed by atoms with Crippen LogP contribution >= 0.6 is 22.6 Å². The second kappa shape index (κ2) is 6.40. The van der Waals surface area contributed by atoms with E-state index in [2.05, 4.69) is 27.5 Å². The van der Waals surface area contributed by atoms with Crippen molar-refractivity contribution in [3.63, 3.8) is 0 Å². The van der Waals surface area contributed by atoms with Crippen LogP contribution in [0.1, 0.15) is 44.9 Å². The maximum Gasteiger partial charge on any atom is 0.0983 e. The molecule has 0 aromatic carbocycles. The highest BCUT2D eigenvalue weighted by atomic mass is 127. The zero-order valence-corrected chi connectivity index (χ0v) is 11.6. The van der Waals surface area contributed by atoms with Crippen molar-refractivity contribution in [2.45, 2.75) is 57.1 Å². The zero-order chi connectivity index (χ0) is 10.5. The molecule has 0 atom stereocenters. The molecule has 88 valence electrons. The van der Waals surface area contributed by atoms with Gasteiger partial charge in [0.2, 0.25) is 0 Å². The predicted octanol–water partition coefficient (Wildman–Crippen LogP) is 3.19. The number of ether oxygens (including phenoxy) is 1. The summed E-state index contributed by atoms with van der Waals surface area (Å²) in [6.07, 6.45) is 10.1. The molecule has 1 saturated carbocycles. The summed E-state index contributed by atoms with van der Waals surface area (Å²) in [5.41, 5.74) is 0. The second-order valence-electron chi connectivity index (χ2n) is 4.80. The summed E-state index contributed by atoms with van der Waals surface area (Å²) in [5.74, 6) is 0. The fraction of sp³-hybridized carbons (Fsp3) is 1.00. The van der Waals surface area contributed by atoms with Crippen molar-refractivity contribution in [2.75, 3.05) is 17.7 Å². The lowest BCUT2D eigenvalue weighted by Gasteiger charge is -2.38. The summed E-state index contributed by atoms with van der Waals surface area (Å²) in [7, 11) is 0. The summed E-state index contributed by atoms with van der Waals surface area (Å²) in [4.78, 5) is 2.73. The topological polar surface area (TPSA) is 12.5 Å². The van der Waals surface area contributed by atoms with Gasteiger partial charge >= 0.3 is 0 Å². The highest BCUT2D eigenvalue weighted by Crippen LogP contribution is 2.27. The van der Waals surface area contributed by atoms with Crippen LogP contribution in [0.3, 0.4) is 0 Å².